The number of hydrogen-bond acceptors (Lipinski definition) is 2. The molecule has 0 fully saturated rings. The molecule has 0 aliphatic rings. The maximum absolute atomic E-state index is 12.1. The number of nitrogens with one attached hydrogen (secondary N) is 1. The molecule has 0 radical (unpaired) electrons. The lowest BCUT2D eigenvalue weighted by molar-refractivity contribution is 0.102. The van der Waals surface area contributed by atoms with E-state index < -0.39 is 0 Å². The maximum Gasteiger partial charge on any atom is 0.256 e. The molecule has 2 rings (SSSR count). The average Bonchev–Trinajstić information content (AvgIpc) is 2.34. The Morgan fingerprint density at radius 1 is 1.22 bits per heavy atom. The lowest BCUT2D eigenvalue weighted by Crippen LogP contribution is -2.13. The fraction of sp³-hybridized carbons (Fsp3) is 0. The first-order valence-electron chi connectivity index (χ1n) is 5.19. The van der Waals surface area contributed by atoms with E-state index >= 15 is 0 Å². The van der Waals surface area contributed by atoms with Gasteiger partial charge in [0.25, 0.3) is 5.91 Å². The first kappa shape index (κ1) is 13.4. The van der Waals surface area contributed by atoms with E-state index in [1.54, 1.807) is 24.3 Å². The van der Waals surface area contributed by atoms with Gasteiger partial charge in [-0.2, -0.15) is 0 Å². The van der Waals surface area contributed by atoms with Gasteiger partial charge in [0.15, 0.2) is 0 Å². The highest BCUT2D eigenvalue weighted by Gasteiger charge is 2.09. The predicted molar refractivity (Wildman–Crippen MR) is 85.7 cm³/mol. The van der Waals surface area contributed by atoms with E-state index in [4.69, 9.17) is 5.73 Å². The monoisotopic (exact) mass is 416 g/mol. The van der Waals surface area contributed by atoms with Gasteiger partial charge in [-0.05, 0) is 68.9 Å². The van der Waals surface area contributed by atoms with Crippen molar-refractivity contribution in [2.75, 3.05) is 11.1 Å². The average molecular weight is 417 g/mol. The minimum Gasteiger partial charge on any atom is -0.398 e. The van der Waals surface area contributed by atoms with Gasteiger partial charge in [0, 0.05) is 19.4 Å². The summed E-state index contributed by atoms with van der Waals surface area (Å²) >= 11 is 5.45. The van der Waals surface area contributed by atoms with E-state index in [2.05, 4.69) is 43.8 Å². The first-order valence-corrected chi connectivity index (χ1v) is 7.06. The third-order valence-corrected chi connectivity index (χ3v) is 4.04. The number of carbonyl (C=O) groups is 1. The van der Waals surface area contributed by atoms with Crippen molar-refractivity contribution in [2.24, 2.45) is 0 Å². The molecule has 18 heavy (non-hydrogen) atoms. The number of hydrogen-bond donors (Lipinski definition) is 2. The Morgan fingerprint density at radius 2 is 1.94 bits per heavy atom. The summed E-state index contributed by atoms with van der Waals surface area (Å²) in [5, 5.41) is 2.82. The molecule has 0 saturated heterocycles. The summed E-state index contributed by atoms with van der Waals surface area (Å²) in [6.45, 7) is 0. The molecule has 0 aliphatic heterocycles. The molecule has 3 N–H and O–H groups in total. The molecule has 0 aliphatic carbocycles. The normalized spacial score (nSPS) is 10.1. The second kappa shape index (κ2) is 5.71. The smallest absolute Gasteiger partial charge is 0.256 e. The summed E-state index contributed by atoms with van der Waals surface area (Å²) in [5.74, 6) is -0.137. The van der Waals surface area contributed by atoms with E-state index in [-0.39, 0.29) is 5.91 Å². The zero-order valence-electron chi connectivity index (χ0n) is 9.28. The summed E-state index contributed by atoms with van der Waals surface area (Å²) in [5.41, 5.74) is 7.69. The number of benzene rings is 2. The molecule has 2 aromatic carbocycles. The molecular formula is C13H10BrIN2O. The summed E-state index contributed by atoms with van der Waals surface area (Å²) in [4.78, 5) is 12.1. The summed E-state index contributed by atoms with van der Waals surface area (Å²) in [6.07, 6.45) is 0. The summed E-state index contributed by atoms with van der Waals surface area (Å²) in [6, 6.07) is 12.8. The van der Waals surface area contributed by atoms with Gasteiger partial charge in [0.2, 0.25) is 0 Å². The lowest BCUT2D eigenvalue weighted by atomic mass is 10.2. The number of nitrogens with two attached hydrogens (primary N) is 1. The molecule has 92 valence electrons. The van der Waals surface area contributed by atoms with Gasteiger partial charge < -0.3 is 11.1 Å². The van der Waals surface area contributed by atoms with Crippen LogP contribution in [0.15, 0.2) is 46.9 Å². The molecule has 1 amide bonds. The van der Waals surface area contributed by atoms with Crippen molar-refractivity contribution in [3.63, 3.8) is 0 Å². The van der Waals surface area contributed by atoms with Crippen LogP contribution in [0.1, 0.15) is 10.4 Å². The van der Waals surface area contributed by atoms with Gasteiger partial charge in [0.05, 0.1) is 5.56 Å². The highest BCUT2D eigenvalue weighted by Crippen LogP contribution is 2.23. The minimum atomic E-state index is -0.137. The van der Waals surface area contributed by atoms with Crippen LogP contribution in [0.4, 0.5) is 11.4 Å². The molecular weight excluding hydrogens is 407 g/mol. The van der Waals surface area contributed by atoms with Gasteiger partial charge in [-0.3, -0.25) is 4.79 Å². The van der Waals surface area contributed by atoms with Crippen LogP contribution in [-0.4, -0.2) is 5.91 Å². The van der Waals surface area contributed by atoms with Crippen molar-refractivity contribution < 1.29 is 4.79 Å². The Bertz CT molecular complexity index is 601. The lowest BCUT2D eigenvalue weighted by Gasteiger charge is -2.08. The van der Waals surface area contributed by atoms with Crippen molar-refractivity contribution in [1.82, 2.24) is 0 Å². The van der Waals surface area contributed by atoms with Gasteiger partial charge >= 0.3 is 0 Å². The van der Waals surface area contributed by atoms with Gasteiger partial charge in [-0.1, -0.05) is 12.1 Å². The maximum atomic E-state index is 12.1. The Balaban J connectivity index is 2.22. The molecule has 0 bridgehead atoms. The molecule has 0 heterocycles. The Kier molecular flexibility index (Phi) is 4.23. The third-order valence-electron chi connectivity index (χ3n) is 2.37. The van der Waals surface area contributed by atoms with E-state index in [9.17, 15) is 4.79 Å². The van der Waals surface area contributed by atoms with Crippen LogP contribution in [0.5, 0.6) is 0 Å². The summed E-state index contributed by atoms with van der Waals surface area (Å²) < 4.78 is 1.73. The van der Waals surface area contributed by atoms with E-state index in [1.165, 1.54) is 0 Å². The minimum absolute atomic E-state index is 0.137. The summed E-state index contributed by atoms with van der Waals surface area (Å²) in [7, 11) is 0. The fourth-order valence-corrected chi connectivity index (χ4v) is 2.34. The highest BCUT2D eigenvalue weighted by atomic mass is 127. The highest BCUT2D eigenvalue weighted by molar-refractivity contribution is 14.1. The number of rotatable bonds is 2. The number of halogens is 2. The van der Waals surface area contributed by atoms with Crippen molar-refractivity contribution in [3.8, 4) is 0 Å². The predicted octanol–water partition coefficient (Wildman–Crippen LogP) is 3.89. The van der Waals surface area contributed by atoms with Crippen LogP contribution < -0.4 is 11.1 Å². The quantitative estimate of drug-likeness (QED) is 0.576. The molecule has 0 saturated carbocycles. The third kappa shape index (κ3) is 3.02. The fourth-order valence-electron chi connectivity index (χ4n) is 1.47. The molecule has 0 atom stereocenters. The number of amides is 1. The van der Waals surface area contributed by atoms with Crippen LogP contribution in [0.25, 0.3) is 0 Å². The molecule has 0 spiro atoms. The van der Waals surface area contributed by atoms with Crippen molar-refractivity contribution in [1.29, 1.82) is 0 Å². The van der Waals surface area contributed by atoms with Crippen molar-refractivity contribution in [3.05, 3.63) is 56.1 Å². The van der Waals surface area contributed by atoms with Crippen molar-refractivity contribution in [2.45, 2.75) is 0 Å². The molecule has 3 nitrogen and oxygen atoms in total. The number of carbonyl (C=O) groups excluding carboxylic acids is 1. The molecule has 5 heteroatoms. The number of anilines is 2. The van der Waals surface area contributed by atoms with Crippen LogP contribution in [-0.2, 0) is 0 Å². The van der Waals surface area contributed by atoms with Crippen molar-refractivity contribution >= 4 is 55.8 Å². The van der Waals surface area contributed by atoms with Crippen LogP contribution in [0.3, 0.4) is 0 Å². The number of nitrogen functional groups attached to an aromatic ring is 1. The second-order valence-corrected chi connectivity index (χ2v) is 5.69. The Morgan fingerprint density at radius 3 is 2.61 bits per heavy atom. The first-order chi connectivity index (χ1) is 8.58. The van der Waals surface area contributed by atoms with Gasteiger partial charge in [-0.25, -0.2) is 0 Å². The molecule has 0 unspecified atom stereocenters. The Labute approximate surface area is 127 Å². The largest absolute Gasteiger partial charge is 0.398 e. The molecule has 0 aromatic heterocycles. The Hall–Kier alpha value is -1.08. The SMILES string of the molecule is Nc1cc(NC(=O)c2ccccc2I)ccc1Br. The van der Waals surface area contributed by atoms with Crippen LogP contribution in [0, 0.1) is 3.57 Å². The topological polar surface area (TPSA) is 55.1 Å². The molecule has 2 aromatic rings. The van der Waals surface area contributed by atoms with Crippen LogP contribution in [0.2, 0.25) is 0 Å². The van der Waals surface area contributed by atoms with E-state index in [1.807, 2.05) is 18.2 Å². The second-order valence-electron chi connectivity index (χ2n) is 3.67. The zero-order chi connectivity index (χ0) is 13.1. The van der Waals surface area contributed by atoms with Gasteiger partial charge in [0.1, 0.15) is 0 Å². The van der Waals surface area contributed by atoms with Crippen LogP contribution >= 0.6 is 38.5 Å². The standard InChI is InChI=1S/C13H10BrIN2O/c14-10-6-5-8(7-12(10)16)17-13(18)9-3-1-2-4-11(9)15/h1-7H,16H2,(H,17,18). The van der Waals surface area contributed by atoms with E-state index in [0.717, 1.165) is 8.04 Å². The van der Waals surface area contributed by atoms with E-state index in [0.29, 0.717) is 16.9 Å². The van der Waals surface area contributed by atoms with Gasteiger partial charge in [-0.15, -0.1) is 0 Å². The zero-order valence-corrected chi connectivity index (χ0v) is 13.0.